The van der Waals surface area contributed by atoms with Crippen LogP contribution in [-0.2, 0) is 11.3 Å². The minimum atomic E-state index is -0.517. The number of halogens is 1. The van der Waals surface area contributed by atoms with E-state index in [0.29, 0.717) is 30.3 Å². The first-order valence-electron chi connectivity index (χ1n) is 9.19. The van der Waals surface area contributed by atoms with Crippen molar-refractivity contribution in [3.8, 4) is 11.3 Å². The number of rotatable bonds is 4. The Morgan fingerprint density at radius 1 is 1.41 bits per heavy atom. The SMILES string of the molecule is CC(C)(C)OC(=O)N1CC=C(c2csc(OCc3ccc(C#N)cc3F)n2)CC1. The summed E-state index contributed by atoms with van der Waals surface area (Å²) in [6, 6.07) is 6.18. The number of carbonyl (C=O) groups is 1. The first-order valence-corrected chi connectivity index (χ1v) is 10.1. The predicted molar refractivity (Wildman–Crippen MR) is 108 cm³/mol. The monoisotopic (exact) mass is 415 g/mol. The number of amides is 1. The summed E-state index contributed by atoms with van der Waals surface area (Å²) in [6.07, 6.45) is 2.32. The third-order valence-electron chi connectivity index (χ3n) is 4.21. The average molecular weight is 415 g/mol. The number of thiazole rings is 1. The van der Waals surface area contributed by atoms with Crippen molar-refractivity contribution in [2.24, 2.45) is 0 Å². The third-order valence-corrected chi connectivity index (χ3v) is 4.96. The van der Waals surface area contributed by atoms with E-state index in [-0.39, 0.29) is 18.3 Å². The van der Waals surface area contributed by atoms with E-state index in [9.17, 15) is 9.18 Å². The Kier molecular flexibility index (Phi) is 6.18. The maximum Gasteiger partial charge on any atom is 0.410 e. The molecule has 0 aliphatic carbocycles. The van der Waals surface area contributed by atoms with Crippen LogP contribution >= 0.6 is 11.3 Å². The van der Waals surface area contributed by atoms with Gasteiger partial charge in [-0.2, -0.15) is 5.26 Å². The third kappa shape index (κ3) is 5.55. The smallest absolute Gasteiger partial charge is 0.410 e. The molecule has 0 N–H and O–H groups in total. The van der Waals surface area contributed by atoms with Crippen LogP contribution in [0.2, 0.25) is 0 Å². The van der Waals surface area contributed by atoms with Gasteiger partial charge in [0, 0.05) is 24.0 Å². The highest BCUT2D eigenvalue weighted by molar-refractivity contribution is 7.11. The Bertz CT molecular complexity index is 972. The largest absolute Gasteiger partial charge is 0.465 e. The van der Waals surface area contributed by atoms with Gasteiger partial charge in [-0.3, -0.25) is 0 Å². The molecule has 0 unspecified atom stereocenters. The standard InChI is InChI=1S/C21H22FN3O3S/c1-21(2,3)28-20(26)25-8-6-15(7-9-25)18-13-29-19(24-18)27-12-16-5-4-14(11-23)10-17(16)22/h4-6,10,13H,7-9,12H2,1-3H3. The molecule has 1 aromatic carbocycles. The minimum Gasteiger partial charge on any atom is -0.465 e. The number of aromatic nitrogens is 1. The number of ether oxygens (including phenoxy) is 2. The molecule has 2 aromatic rings. The second-order valence-electron chi connectivity index (χ2n) is 7.61. The van der Waals surface area contributed by atoms with Crippen LogP contribution < -0.4 is 4.74 Å². The fourth-order valence-electron chi connectivity index (χ4n) is 2.74. The van der Waals surface area contributed by atoms with Crippen LogP contribution in [0.4, 0.5) is 9.18 Å². The van der Waals surface area contributed by atoms with Gasteiger partial charge >= 0.3 is 6.09 Å². The highest BCUT2D eigenvalue weighted by Crippen LogP contribution is 2.28. The number of nitrogens with zero attached hydrogens (tertiary/aromatic N) is 3. The van der Waals surface area contributed by atoms with Gasteiger partial charge in [0.1, 0.15) is 18.0 Å². The van der Waals surface area contributed by atoms with E-state index in [4.69, 9.17) is 14.7 Å². The molecule has 0 saturated carbocycles. The summed E-state index contributed by atoms with van der Waals surface area (Å²) >= 11 is 1.34. The molecule has 1 aliphatic rings. The maximum absolute atomic E-state index is 13.9. The van der Waals surface area contributed by atoms with Crippen molar-refractivity contribution in [1.29, 1.82) is 5.26 Å². The molecule has 2 heterocycles. The van der Waals surface area contributed by atoms with E-state index < -0.39 is 11.4 Å². The zero-order chi connectivity index (χ0) is 21.0. The molecule has 0 radical (unpaired) electrons. The molecular weight excluding hydrogens is 393 g/mol. The molecule has 6 nitrogen and oxygen atoms in total. The molecule has 0 spiro atoms. The number of hydrogen-bond acceptors (Lipinski definition) is 6. The van der Waals surface area contributed by atoms with E-state index in [0.717, 1.165) is 11.3 Å². The van der Waals surface area contributed by atoms with Crippen molar-refractivity contribution in [1.82, 2.24) is 9.88 Å². The molecular formula is C21H22FN3O3S. The molecule has 0 bridgehead atoms. The molecule has 1 amide bonds. The van der Waals surface area contributed by atoms with Gasteiger partial charge < -0.3 is 14.4 Å². The quantitative estimate of drug-likeness (QED) is 0.720. The number of benzene rings is 1. The average Bonchev–Trinajstić information content (AvgIpc) is 3.15. The molecule has 1 aliphatic heterocycles. The fraction of sp³-hybridized carbons (Fsp3) is 0.381. The van der Waals surface area contributed by atoms with Crippen molar-refractivity contribution in [3.63, 3.8) is 0 Å². The lowest BCUT2D eigenvalue weighted by Gasteiger charge is -2.29. The zero-order valence-corrected chi connectivity index (χ0v) is 17.4. The molecule has 152 valence electrons. The fourth-order valence-corrected chi connectivity index (χ4v) is 3.43. The number of carbonyl (C=O) groups excluding carboxylic acids is 1. The van der Waals surface area contributed by atoms with Gasteiger partial charge in [0.2, 0.25) is 0 Å². The summed E-state index contributed by atoms with van der Waals surface area (Å²) in [7, 11) is 0. The van der Waals surface area contributed by atoms with Crippen LogP contribution in [-0.4, -0.2) is 34.7 Å². The summed E-state index contributed by atoms with van der Waals surface area (Å²) in [5.41, 5.74) is 1.96. The molecule has 8 heteroatoms. The van der Waals surface area contributed by atoms with Gasteiger partial charge in [-0.1, -0.05) is 23.5 Å². The van der Waals surface area contributed by atoms with E-state index >= 15 is 0 Å². The lowest BCUT2D eigenvalue weighted by molar-refractivity contribution is 0.0270. The summed E-state index contributed by atoms with van der Waals surface area (Å²) in [4.78, 5) is 18.3. The Hall–Kier alpha value is -2.92. The van der Waals surface area contributed by atoms with Crippen LogP contribution in [0.15, 0.2) is 29.7 Å². The molecule has 1 aromatic heterocycles. The van der Waals surface area contributed by atoms with Gasteiger partial charge in [0.15, 0.2) is 0 Å². The highest BCUT2D eigenvalue weighted by atomic mass is 32.1. The zero-order valence-electron chi connectivity index (χ0n) is 16.6. The molecule has 0 atom stereocenters. The summed E-state index contributed by atoms with van der Waals surface area (Å²) in [6.45, 7) is 6.60. The van der Waals surface area contributed by atoms with E-state index in [1.807, 2.05) is 38.3 Å². The lowest BCUT2D eigenvalue weighted by Crippen LogP contribution is -2.39. The Labute approximate surface area is 173 Å². The van der Waals surface area contributed by atoms with Crippen LogP contribution in [0.25, 0.3) is 5.57 Å². The van der Waals surface area contributed by atoms with Crippen LogP contribution in [0.3, 0.4) is 0 Å². The van der Waals surface area contributed by atoms with Crippen molar-refractivity contribution in [3.05, 3.63) is 52.3 Å². The first kappa shape index (κ1) is 20.8. The van der Waals surface area contributed by atoms with Gasteiger partial charge in [-0.15, -0.1) is 0 Å². The number of nitriles is 1. The van der Waals surface area contributed by atoms with Gasteiger partial charge in [-0.05, 0) is 44.9 Å². The predicted octanol–water partition coefficient (Wildman–Crippen LogP) is 4.76. The summed E-state index contributed by atoms with van der Waals surface area (Å²) < 4.78 is 24.9. The Morgan fingerprint density at radius 2 is 2.21 bits per heavy atom. The van der Waals surface area contributed by atoms with Gasteiger partial charge in [0.05, 0.1) is 17.3 Å². The van der Waals surface area contributed by atoms with E-state index in [1.165, 1.54) is 23.5 Å². The van der Waals surface area contributed by atoms with Crippen molar-refractivity contribution in [2.75, 3.05) is 13.1 Å². The second-order valence-corrected chi connectivity index (χ2v) is 8.43. The van der Waals surface area contributed by atoms with E-state index in [1.54, 1.807) is 11.0 Å². The van der Waals surface area contributed by atoms with Crippen LogP contribution in [0, 0.1) is 17.1 Å². The lowest BCUT2D eigenvalue weighted by atomic mass is 10.1. The molecule has 29 heavy (non-hydrogen) atoms. The minimum absolute atomic E-state index is 0.0377. The van der Waals surface area contributed by atoms with Gasteiger partial charge in [0.25, 0.3) is 5.19 Å². The maximum atomic E-state index is 13.9. The van der Waals surface area contributed by atoms with E-state index in [2.05, 4.69) is 4.98 Å². The first-order chi connectivity index (χ1) is 13.7. The molecule has 0 saturated heterocycles. The second kappa shape index (κ2) is 8.62. The van der Waals surface area contributed by atoms with Crippen LogP contribution in [0.5, 0.6) is 5.19 Å². The van der Waals surface area contributed by atoms with Gasteiger partial charge in [-0.25, -0.2) is 14.2 Å². The Balaban J connectivity index is 1.58. The summed E-state index contributed by atoms with van der Waals surface area (Å²) in [5.74, 6) is -0.474. The van der Waals surface area contributed by atoms with Crippen molar-refractivity contribution < 1.29 is 18.7 Å². The topological polar surface area (TPSA) is 75.4 Å². The van der Waals surface area contributed by atoms with Crippen molar-refractivity contribution >= 4 is 23.0 Å². The molecule has 3 rings (SSSR count). The summed E-state index contributed by atoms with van der Waals surface area (Å²) in [5, 5.41) is 11.1. The normalized spacial score (nSPS) is 14.2. The van der Waals surface area contributed by atoms with Crippen LogP contribution in [0.1, 0.15) is 44.0 Å². The van der Waals surface area contributed by atoms with Crippen molar-refractivity contribution in [2.45, 2.75) is 39.4 Å². The highest BCUT2D eigenvalue weighted by Gasteiger charge is 2.24. The Morgan fingerprint density at radius 3 is 2.83 bits per heavy atom. The number of hydrogen-bond donors (Lipinski definition) is 0. The molecule has 0 fully saturated rings.